The molecule has 0 spiro atoms. The van der Waals surface area contributed by atoms with Crippen LogP contribution in [0.25, 0.3) is 0 Å². The molecule has 20 heavy (non-hydrogen) atoms. The number of piperidine rings is 1. The predicted octanol–water partition coefficient (Wildman–Crippen LogP) is 1.14. The lowest BCUT2D eigenvalue weighted by Crippen LogP contribution is -2.47. The maximum absolute atomic E-state index is 12.7. The van der Waals surface area contributed by atoms with Gasteiger partial charge in [-0.3, -0.25) is 0 Å². The Morgan fingerprint density at radius 1 is 1.55 bits per heavy atom. The van der Waals surface area contributed by atoms with E-state index < -0.39 is 10.0 Å². The van der Waals surface area contributed by atoms with Gasteiger partial charge in [0.1, 0.15) is 10.7 Å². The number of sulfonamides is 1. The fourth-order valence-electron chi connectivity index (χ4n) is 2.43. The number of pyridine rings is 1. The van der Waals surface area contributed by atoms with Crippen molar-refractivity contribution in [2.24, 2.45) is 0 Å². The number of likely N-dealkylation sites (tertiary alicyclic amines) is 1. The highest BCUT2D eigenvalue weighted by Gasteiger charge is 2.32. The number of nitrogen functional groups attached to an aromatic ring is 1. The number of rotatable bonds is 3. The molecular formula is C12H19BrN4O2S. The lowest BCUT2D eigenvalue weighted by Gasteiger charge is -2.35. The van der Waals surface area contributed by atoms with Crippen LogP contribution in [-0.4, -0.2) is 55.8 Å². The third kappa shape index (κ3) is 3.13. The maximum atomic E-state index is 12.7. The molecule has 1 aromatic heterocycles. The molecule has 0 amide bonds. The van der Waals surface area contributed by atoms with Crippen molar-refractivity contribution >= 4 is 31.8 Å². The van der Waals surface area contributed by atoms with Crippen LogP contribution in [0.15, 0.2) is 21.6 Å². The first kappa shape index (κ1) is 15.7. The van der Waals surface area contributed by atoms with E-state index in [9.17, 15) is 8.42 Å². The summed E-state index contributed by atoms with van der Waals surface area (Å²) in [5.74, 6) is 0.0317. The van der Waals surface area contributed by atoms with Crippen LogP contribution in [-0.2, 0) is 10.0 Å². The van der Waals surface area contributed by atoms with Crippen LogP contribution in [0.5, 0.6) is 0 Å². The second-order valence-corrected chi connectivity index (χ2v) is 8.00. The molecule has 0 aromatic carbocycles. The highest BCUT2D eigenvalue weighted by Crippen LogP contribution is 2.26. The van der Waals surface area contributed by atoms with Crippen molar-refractivity contribution in [1.29, 1.82) is 0 Å². The third-order valence-electron chi connectivity index (χ3n) is 3.62. The number of likely N-dealkylation sites (N-methyl/N-ethyl adjacent to an activating group) is 2. The summed E-state index contributed by atoms with van der Waals surface area (Å²) in [7, 11) is -0.0138. The van der Waals surface area contributed by atoms with E-state index in [1.807, 2.05) is 7.05 Å². The second kappa shape index (κ2) is 5.97. The Kier molecular flexibility index (Phi) is 4.68. The van der Waals surface area contributed by atoms with Crippen molar-refractivity contribution in [3.8, 4) is 0 Å². The maximum Gasteiger partial charge on any atom is 0.246 e. The van der Waals surface area contributed by atoms with Crippen LogP contribution in [0.4, 0.5) is 5.82 Å². The minimum atomic E-state index is -3.63. The van der Waals surface area contributed by atoms with Gasteiger partial charge < -0.3 is 10.6 Å². The zero-order valence-electron chi connectivity index (χ0n) is 11.6. The van der Waals surface area contributed by atoms with Crippen LogP contribution in [0.3, 0.4) is 0 Å². The Balaban J connectivity index is 2.31. The summed E-state index contributed by atoms with van der Waals surface area (Å²) in [6.45, 7) is 1.74. The number of nitrogens with zero attached hydrogens (tertiary/aromatic N) is 3. The molecule has 2 rings (SSSR count). The molecule has 6 nitrogen and oxygen atoms in total. The number of halogens is 1. The van der Waals surface area contributed by atoms with E-state index in [4.69, 9.17) is 5.73 Å². The van der Waals surface area contributed by atoms with E-state index >= 15 is 0 Å². The second-order valence-electron chi connectivity index (χ2n) is 5.12. The largest absolute Gasteiger partial charge is 0.383 e. The summed E-state index contributed by atoms with van der Waals surface area (Å²) in [6, 6.07) is 1.47. The molecule has 0 aliphatic carbocycles. The van der Waals surface area contributed by atoms with Gasteiger partial charge in [-0.15, -0.1) is 0 Å². The molecule has 8 heteroatoms. The molecular weight excluding hydrogens is 344 g/mol. The zero-order chi connectivity index (χ0) is 14.9. The van der Waals surface area contributed by atoms with Gasteiger partial charge >= 0.3 is 0 Å². The SMILES string of the molecule is CN1CCCC(N(C)S(=O)(=O)c2cc(Br)cnc2N)C1. The lowest BCUT2D eigenvalue weighted by molar-refractivity contribution is 0.187. The minimum Gasteiger partial charge on any atom is -0.383 e. The molecule has 1 aromatic rings. The average Bonchev–Trinajstić information content (AvgIpc) is 2.40. The Labute approximate surface area is 128 Å². The summed E-state index contributed by atoms with van der Waals surface area (Å²) < 4.78 is 27.4. The number of nitrogens with two attached hydrogens (primary N) is 1. The molecule has 1 aliphatic heterocycles. The van der Waals surface area contributed by atoms with Gasteiger partial charge in [-0.2, -0.15) is 4.31 Å². The van der Waals surface area contributed by atoms with Gasteiger partial charge in [-0.05, 0) is 48.4 Å². The summed E-state index contributed by atoms with van der Waals surface area (Å²) in [6.07, 6.45) is 3.34. The molecule has 0 radical (unpaired) electrons. The molecule has 1 fully saturated rings. The highest BCUT2D eigenvalue weighted by atomic mass is 79.9. The smallest absolute Gasteiger partial charge is 0.246 e. The molecule has 1 aliphatic rings. The van der Waals surface area contributed by atoms with E-state index in [-0.39, 0.29) is 16.8 Å². The molecule has 112 valence electrons. The average molecular weight is 363 g/mol. The zero-order valence-corrected chi connectivity index (χ0v) is 14.0. The Morgan fingerprint density at radius 3 is 2.90 bits per heavy atom. The van der Waals surface area contributed by atoms with E-state index in [2.05, 4.69) is 25.8 Å². The number of hydrogen-bond donors (Lipinski definition) is 1. The Hall–Kier alpha value is -0.700. The molecule has 2 heterocycles. The van der Waals surface area contributed by atoms with Crippen LogP contribution in [0.2, 0.25) is 0 Å². The van der Waals surface area contributed by atoms with Crippen molar-refractivity contribution in [2.75, 3.05) is 32.9 Å². The van der Waals surface area contributed by atoms with Gasteiger partial charge in [0.05, 0.1) is 0 Å². The first-order valence-corrected chi connectivity index (χ1v) is 8.63. The molecule has 0 bridgehead atoms. The predicted molar refractivity (Wildman–Crippen MR) is 81.8 cm³/mol. The van der Waals surface area contributed by atoms with E-state index in [0.29, 0.717) is 4.47 Å². The normalized spacial score (nSPS) is 21.3. The van der Waals surface area contributed by atoms with Gasteiger partial charge in [0.2, 0.25) is 10.0 Å². The molecule has 2 N–H and O–H groups in total. The summed E-state index contributed by atoms with van der Waals surface area (Å²) in [5.41, 5.74) is 5.72. The number of anilines is 1. The number of aromatic nitrogens is 1. The van der Waals surface area contributed by atoms with E-state index in [1.54, 1.807) is 7.05 Å². The van der Waals surface area contributed by atoms with E-state index in [0.717, 1.165) is 25.9 Å². The highest BCUT2D eigenvalue weighted by molar-refractivity contribution is 9.10. The van der Waals surface area contributed by atoms with E-state index in [1.165, 1.54) is 16.6 Å². The van der Waals surface area contributed by atoms with Gasteiger partial charge in [-0.25, -0.2) is 13.4 Å². The van der Waals surface area contributed by atoms with Crippen LogP contribution in [0, 0.1) is 0 Å². The fourth-order valence-corrected chi connectivity index (χ4v) is 4.38. The van der Waals surface area contributed by atoms with Crippen LogP contribution < -0.4 is 5.73 Å². The number of hydrogen-bond acceptors (Lipinski definition) is 5. The fraction of sp³-hybridized carbons (Fsp3) is 0.583. The Morgan fingerprint density at radius 2 is 2.25 bits per heavy atom. The quantitative estimate of drug-likeness (QED) is 0.871. The van der Waals surface area contributed by atoms with Gasteiger partial charge in [0.25, 0.3) is 0 Å². The summed E-state index contributed by atoms with van der Waals surface area (Å²) in [4.78, 5) is 6.10. The third-order valence-corrected chi connectivity index (χ3v) is 5.99. The first-order chi connectivity index (χ1) is 9.32. The minimum absolute atomic E-state index is 0.0304. The van der Waals surface area contributed by atoms with Crippen molar-refractivity contribution in [2.45, 2.75) is 23.8 Å². The van der Waals surface area contributed by atoms with Crippen LogP contribution >= 0.6 is 15.9 Å². The molecule has 1 atom stereocenters. The van der Waals surface area contributed by atoms with Crippen molar-refractivity contribution in [3.63, 3.8) is 0 Å². The summed E-state index contributed by atoms with van der Waals surface area (Å²) in [5, 5.41) is 0. The molecule has 1 unspecified atom stereocenters. The monoisotopic (exact) mass is 362 g/mol. The van der Waals surface area contributed by atoms with Gasteiger partial charge in [-0.1, -0.05) is 0 Å². The Bertz CT molecular complexity index is 593. The molecule has 1 saturated heterocycles. The topological polar surface area (TPSA) is 79.5 Å². The lowest BCUT2D eigenvalue weighted by atomic mass is 10.1. The van der Waals surface area contributed by atoms with Crippen molar-refractivity contribution in [3.05, 3.63) is 16.7 Å². The standard InChI is InChI=1S/C12H19BrN4O2S/c1-16-5-3-4-10(8-16)17(2)20(18,19)11-6-9(13)7-15-12(11)14/h6-7,10H,3-5,8H2,1-2H3,(H2,14,15). The van der Waals surface area contributed by atoms with Crippen molar-refractivity contribution < 1.29 is 8.42 Å². The summed E-state index contributed by atoms with van der Waals surface area (Å²) >= 11 is 3.23. The first-order valence-electron chi connectivity index (χ1n) is 6.40. The van der Waals surface area contributed by atoms with Gasteiger partial charge in [0.15, 0.2) is 0 Å². The molecule has 0 saturated carbocycles. The van der Waals surface area contributed by atoms with Crippen LogP contribution in [0.1, 0.15) is 12.8 Å². The van der Waals surface area contributed by atoms with Crippen molar-refractivity contribution in [1.82, 2.24) is 14.2 Å². The van der Waals surface area contributed by atoms with Gasteiger partial charge in [0, 0.05) is 30.3 Å².